The van der Waals surface area contributed by atoms with E-state index in [0.717, 1.165) is 0 Å². The van der Waals surface area contributed by atoms with Crippen molar-refractivity contribution in [3.05, 3.63) is 54.4 Å². The second-order valence-electron chi connectivity index (χ2n) is 3.69. The first-order valence-electron chi connectivity index (χ1n) is 5.86. The van der Waals surface area contributed by atoms with Gasteiger partial charge in [0.1, 0.15) is 5.75 Å². The zero-order valence-electron chi connectivity index (χ0n) is 10.4. The summed E-state index contributed by atoms with van der Waals surface area (Å²) in [6.45, 7) is 2.30. The molecule has 0 bridgehead atoms. The molecule has 0 fully saturated rings. The highest BCUT2D eigenvalue weighted by Gasteiger charge is 2.23. The van der Waals surface area contributed by atoms with Crippen LogP contribution < -0.4 is 14.3 Å². The molecule has 4 nitrogen and oxygen atoms in total. The number of aromatic nitrogens is 1. The van der Waals surface area contributed by atoms with Gasteiger partial charge in [-0.25, -0.2) is 4.79 Å². The van der Waals surface area contributed by atoms with Gasteiger partial charge < -0.3 is 4.74 Å². The zero-order valence-corrected chi connectivity index (χ0v) is 11.3. The third-order valence-corrected chi connectivity index (χ3v) is 2.74. The fraction of sp³-hybridized carbons (Fsp3) is 0.143. The first-order valence-corrected chi connectivity index (χ1v) is 6.31. The van der Waals surface area contributed by atoms with E-state index in [2.05, 4.69) is 12.6 Å². The highest BCUT2D eigenvalue weighted by Crippen LogP contribution is 2.21. The van der Waals surface area contributed by atoms with E-state index in [1.807, 2.05) is 13.0 Å². The van der Waals surface area contributed by atoms with Crippen LogP contribution in [0.1, 0.15) is 17.4 Å². The normalized spacial score (nSPS) is 10.0. The molecule has 0 N–H and O–H groups in total. The fourth-order valence-corrected chi connectivity index (χ4v) is 1.74. The third-order valence-electron chi connectivity index (χ3n) is 2.37. The summed E-state index contributed by atoms with van der Waals surface area (Å²) >= 11 is 4.24. The van der Waals surface area contributed by atoms with Crippen LogP contribution in [-0.4, -0.2) is 12.6 Å². The van der Waals surface area contributed by atoms with Crippen molar-refractivity contribution in [2.75, 3.05) is 6.61 Å². The van der Waals surface area contributed by atoms with Crippen molar-refractivity contribution in [3.8, 4) is 5.75 Å². The lowest BCUT2D eigenvalue weighted by Crippen LogP contribution is -2.48. The van der Waals surface area contributed by atoms with Gasteiger partial charge in [0, 0.05) is 21.8 Å². The number of pyridine rings is 1. The Kier molecular flexibility index (Phi) is 4.41. The fourth-order valence-electron chi connectivity index (χ4n) is 1.53. The first kappa shape index (κ1) is 13.4. The minimum atomic E-state index is -0.490. The molecule has 0 radical (unpaired) electrons. The maximum atomic E-state index is 12.1. The minimum Gasteiger partial charge on any atom is -0.417 e. The molecule has 0 aliphatic carbocycles. The molecule has 2 aromatic rings. The Labute approximate surface area is 117 Å². The van der Waals surface area contributed by atoms with Crippen LogP contribution in [0.5, 0.6) is 5.75 Å². The molecule has 98 valence electrons. The summed E-state index contributed by atoms with van der Waals surface area (Å²) in [5.74, 6) is -0.0710. The Balaban J connectivity index is 2.23. The number of rotatable bonds is 4. The lowest BCUT2D eigenvalue weighted by molar-refractivity contribution is -0.892. The van der Waals surface area contributed by atoms with Crippen LogP contribution in [0.25, 0.3) is 0 Å². The Bertz CT molecular complexity index is 586. The van der Waals surface area contributed by atoms with Gasteiger partial charge in [-0.3, -0.25) is 4.84 Å². The van der Waals surface area contributed by atoms with Gasteiger partial charge in [0.2, 0.25) is 6.20 Å². The first-order chi connectivity index (χ1) is 9.22. The topological polar surface area (TPSA) is 39.4 Å². The van der Waals surface area contributed by atoms with Gasteiger partial charge in [-0.05, 0) is 25.1 Å². The van der Waals surface area contributed by atoms with Crippen LogP contribution >= 0.6 is 12.6 Å². The summed E-state index contributed by atoms with van der Waals surface area (Å²) < 4.78 is 6.69. The molecule has 0 atom stereocenters. The molecular weight excluding hydrogens is 262 g/mol. The summed E-state index contributed by atoms with van der Waals surface area (Å²) in [6.07, 6.45) is 1.66. The van der Waals surface area contributed by atoms with Gasteiger partial charge in [0.15, 0.2) is 6.61 Å². The predicted molar refractivity (Wildman–Crippen MR) is 72.4 cm³/mol. The molecule has 0 saturated carbocycles. The van der Waals surface area contributed by atoms with Crippen LogP contribution in [0, 0.1) is 0 Å². The van der Waals surface area contributed by atoms with E-state index in [0.29, 0.717) is 22.9 Å². The standard InChI is InChI=1S/C14H13NO3S/c1-2-17-15-10-6-5-7-11(15)14(16)18-12-8-3-4-9-13(12)19/h3-10H,2H2,1H3/p+1. The zero-order chi connectivity index (χ0) is 13.7. The Morgan fingerprint density at radius 3 is 2.68 bits per heavy atom. The molecule has 19 heavy (non-hydrogen) atoms. The smallest absolute Gasteiger partial charge is 0.414 e. The molecular formula is C14H14NO3S+. The van der Waals surface area contributed by atoms with Crippen LogP contribution in [0.3, 0.4) is 0 Å². The number of para-hydroxylation sites is 1. The minimum absolute atomic E-state index is 0.320. The van der Waals surface area contributed by atoms with Crippen molar-refractivity contribution in [1.82, 2.24) is 0 Å². The van der Waals surface area contributed by atoms with Gasteiger partial charge in [-0.1, -0.05) is 12.1 Å². The summed E-state index contributed by atoms with van der Waals surface area (Å²) in [4.78, 5) is 18.0. The molecule has 1 aromatic heterocycles. The van der Waals surface area contributed by atoms with Crippen LogP contribution in [0.15, 0.2) is 53.6 Å². The number of carbonyl (C=O) groups is 1. The third kappa shape index (κ3) is 3.26. The number of ether oxygens (including phenoxy) is 1. The van der Waals surface area contributed by atoms with Crippen molar-refractivity contribution in [3.63, 3.8) is 0 Å². The second-order valence-corrected chi connectivity index (χ2v) is 4.17. The molecule has 2 rings (SSSR count). The lowest BCUT2D eigenvalue weighted by atomic mass is 10.3. The van der Waals surface area contributed by atoms with Crippen LogP contribution in [0.2, 0.25) is 0 Å². The summed E-state index contributed by atoms with van der Waals surface area (Å²) in [7, 11) is 0. The largest absolute Gasteiger partial charge is 0.417 e. The monoisotopic (exact) mass is 276 g/mol. The number of carbonyl (C=O) groups excluding carboxylic acids is 1. The van der Waals surface area contributed by atoms with E-state index in [9.17, 15) is 4.79 Å². The van der Waals surface area contributed by atoms with Crippen molar-refractivity contribution < 1.29 is 19.1 Å². The van der Waals surface area contributed by atoms with Crippen molar-refractivity contribution in [2.24, 2.45) is 0 Å². The lowest BCUT2D eigenvalue weighted by Gasteiger charge is -2.05. The number of hydrogen-bond donors (Lipinski definition) is 1. The van der Waals surface area contributed by atoms with Crippen molar-refractivity contribution in [2.45, 2.75) is 11.8 Å². The molecule has 1 heterocycles. The maximum Gasteiger partial charge on any atom is 0.414 e. The molecule has 0 amide bonds. The van der Waals surface area contributed by atoms with Crippen LogP contribution in [-0.2, 0) is 0 Å². The van der Waals surface area contributed by atoms with Crippen molar-refractivity contribution in [1.29, 1.82) is 0 Å². The van der Waals surface area contributed by atoms with E-state index in [4.69, 9.17) is 9.57 Å². The molecule has 0 spiro atoms. The molecule has 1 aromatic carbocycles. The summed E-state index contributed by atoms with van der Waals surface area (Å²) in [5, 5.41) is 0. The Hall–Kier alpha value is -2.01. The maximum absolute atomic E-state index is 12.1. The number of esters is 1. The van der Waals surface area contributed by atoms with Gasteiger partial charge in [0.25, 0.3) is 0 Å². The summed E-state index contributed by atoms with van der Waals surface area (Å²) in [5.41, 5.74) is 0.320. The molecule has 0 aliphatic heterocycles. The number of benzene rings is 1. The molecule has 0 saturated heterocycles. The van der Waals surface area contributed by atoms with Crippen molar-refractivity contribution >= 4 is 18.6 Å². The van der Waals surface area contributed by atoms with Gasteiger partial charge in [0.05, 0.1) is 0 Å². The van der Waals surface area contributed by atoms with Gasteiger partial charge in [-0.15, -0.1) is 12.6 Å². The molecule has 0 unspecified atom stereocenters. The SMILES string of the molecule is CCO[n+]1ccccc1C(=O)Oc1ccccc1S. The number of nitrogens with zero attached hydrogens (tertiary/aromatic N) is 1. The van der Waals surface area contributed by atoms with Crippen LogP contribution in [0.4, 0.5) is 0 Å². The van der Waals surface area contributed by atoms with E-state index < -0.39 is 5.97 Å². The summed E-state index contributed by atoms with van der Waals surface area (Å²) in [6, 6.07) is 12.2. The Morgan fingerprint density at radius 1 is 1.21 bits per heavy atom. The average molecular weight is 276 g/mol. The predicted octanol–water partition coefficient (Wildman–Crippen LogP) is 1.93. The number of thiol groups is 1. The molecule has 0 aliphatic rings. The Morgan fingerprint density at radius 2 is 1.95 bits per heavy atom. The quantitative estimate of drug-likeness (QED) is 0.401. The highest BCUT2D eigenvalue weighted by molar-refractivity contribution is 7.80. The average Bonchev–Trinajstić information content (AvgIpc) is 2.42. The second kappa shape index (κ2) is 6.24. The van der Waals surface area contributed by atoms with E-state index in [1.165, 1.54) is 4.73 Å². The van der Waals surface area contributed by atoms with E-state index in [-0.39, 0.29) is 0 Å². The molecule has 5 heteroatoms. The van der Waals surface area contributed by atoms with Gasteiger partial charge in [-0.2, -0.15) is 0 Å². The van der Waals surface area contributed by atoms with Gasteiger partial charge >= 0.3 is 11.7 Å². The van der Waals surface area contributed by atoms with E-state index >= 15 is 0 Å². The number of hydrogen-bond acceptors (Lipinski definition) is 4. The highest BCUT2D eigenvalue weighted by atomic mass is 32.1. The van der Waals surface area contributed by atoms with E-state index in [1.54, 1.807) is 42.6 Å².